The van der Waals surface area contributed by atoms with E-state index < -0.39 is 0 Å². The van der Waals surface area contributed by atoms with Gasteiger partial charge < -0.3 is 5.32 Å². The van der Waals surface area contributed by atoms with Crippen LogP contribution in [0, 0.1) is 11.8 Å². The summed E-state index contributed by atoms with van der Waals surface area (Å²) in [5, 5.41) is 3.75. The quantitative estimate of drug-likeness (QED) is 0.767. The van der Waals surface area contributed by atoms with Gasteiger partial charge in [-0.1, -0.05) is 27.2 Å². The molecule has 1 aliphatic heterocycles. The second-order valence-electron chi connectivity index (χ2n) is 6.44. The van der Waals surface area contributed by atoms with Crippen molar-refractivity contribution in [2.24, 2.45) is 11.8 Å². The van der Waals surface area contributed by atoms with E-state index in [-0.39, 0.29) is 0 Å². The molecule has 0 spiro atoms. The highest BCUT2D eigenvalue weighted by atomic mass is 15.2. The molecule has 0 aromatic rings. The molecule has 0 aromatic heterocycles. The summed E-state index contributed by atoms with van der Waals surface area (Å²) in [6.07, 6.45) is 4.10. The van der Waals surface area contributed by atoms with Crippen LogP contribution in [0.3, 0.4) is 0 Å². The van der Waals surface area contributed by atoms with Crippen LogP contribution in [-0.4, -0.2) is 36.6 Å². The lowest BCUT2D eigenvalue weighted by Crippen LogP contribution is -2.52. The fourth-order valence-corrected chi connectivity index (χ4v) is 2.83. The third-order valence-corrected chi connectivity index (χ3v) is 3.81. The highest BCUT2D eigenvalue weighted by Crippen LogP contribution is 2.22. The lowest BCUT2D eigenvalue weighted by atomic mass is 9.89. The van der Waals surface area contributed by atoms with Crippen molar-refractivity contribution in [3.05, 3.63) is 0 Å². The van der Waals surface area contributed by atoms with Crippen molar-refractivity contribution in [3.63, 3.8) is 0 Å². The Balaban J connectivity index is 2.46. The summed E-state index contributed by atoms with van der Waals surface area (Å²) in [4.78, 5) is 2.65. The minimum atomic E-state index is 0.693. The molecule has 0 saturated carbocycles. The molecule has 0 aliphatic carbocycles. The molecule has 1 fully saturated rings. The number of nitrogens with one attached hydrogen (secondary N) is 1. The molecule has 0 aromatic carbocycles. The van der Waals surface area contributed by atoms with Crippen molar-refractivity contribution >= 4 is 0 Å². The van der Waals surface area contributed by atoms with Gasteiger partial charge in [0.1, 0.15) is 0 Å². The molecule has 1 N–H and O–H groups in total. The maximum absolute atomic E-state index is 3.75. The first-order chi connectivity index (χ1) is 8.02. The Kier molecular flexibility index (Phi) is 6.50. The van der Waals surface area contributed by atoms with Crippen LogP contribution in [0.15, 0.2) is 0 Å². The first-order valence-electron chi connectivity index (χ1n) is 7.50. The fourth-order valence-electron chi connectivity index (χ4n) is 2.83. The van der Waals surface area contributed by atoms with Crippen LogP contribution in [0.25, 0.3) is 0 Å². The lowest BCUT2D eigenvalue weighted by molar-refractivity contribution is 0.106. The Labute approximate surface area is 108 Å². The summed E-state index contributed by atoms with van der Waals surface area (Å²) in [7, 11) is 0. The summed E-state index contributed by atoms with van der Waals surface area (Å²) in [5.41, 5.74) is 0. The van der Waals surface area contributed by atoms with Crippen molar-refractivity contribution in [3.8, 4) is 0 Å². The number of hydrogen-bond donors (Lipinski definition) is 1. The third-order valence-electron chi connectivity index (χ3n) is 3.81. The van der Waals surface area contributed by atoms with Gasteiger partial charge in [0.2, 0.25) is 0 Å². The van der Waals surface area contributed by atoms with Crippen LogP contribution in [0.5, 0.6) is 0 Å². The molecular weight excluding hydrogens is 208 g/mol. The molecule has 0 radical (unpaired) electrons. The van der Waals surface area contributed by atoms with E-state index >= 15 is 0 Å². The molecule has 1 rings (SSSR count). The van der Waals surface area contributed by atoms with Gasteiger partial charge in [0.05, 0.1) is 0 Å². The highest BCUT2D eigenvalue weighted by molar-refractivity contribution is 4.85. The Morgan fingerprint density at radius 2 is 1.88 bits per heavy atom. The maximum atomic E-state index is 3.75. The highest BCUT2D eigenvalue weighted by Gasteiger charge is 2.27. The molecule has 2 nitrogen and oxygen atoms in total. The Morgan fingerprint density at radius 1 is 1.18 bits per heavy atom. The van der Waals surface area contributed by atoms with Crippen molar-refractivity contribution in [2.45, 2.75) is 66.0 Å². The molecule has 1 saturated heterocycles. The summed E-state index contributed by atoms with van der Waals surface area (Å²) < 4.78 is 0. The van der Waals surface area contributed by atoms with Gasteiger partial charge in [-0.2, -0.15) is 0 Å². The maximum Gasteiger partial charge on any atom is 0.0198 e. The molecular formula is C15H32N2. The first-order valence-corrected chi connectivity index (χ1v) is 7.50. The molecule has 0 bridgehead atoms. The van der Waals surface area contributed by atoms with Crippen molar-refractivity contribution in [1.82, 2.24) is 10.2 Å². The van der Waals surface area contributed by atoms with Gasteiger partial charge in [0, 0.05) is 25.2 Å². The van der Waals surface area contributed by atoms with Gasteiger partial charge in [-0.3, -0.25) is 4.90 Å². The normalized spacial score (nSPS) is 27.0. The lowest BCUT2D eigenvalue weighted by Gasteiger charge is -2.40. The Hall–Kier alpha value is -0.0800. The van der Waals surface area contributed by atoms with Crippen LogP contribution >= 0.6 is 0 Å². The average Bonchev–Trinajstić information content (AvgIpc) is 2.26. The van der Waals surface area contributed by atoms with Crippen LogP contribution < -0.4 is 5.32 Å². The molecule has 2 heteroatoms. The summed E-state index contributed by atoms with van der Waals surface area (Å²) in [6.45, 7) is 15.3. The van der Waals surface area contributed by atoms with Crippen molar-refractivity contribution < 1.29 is 0 Å². The van der Waals surface area contributed by atoms with E-state index in [9.17, 15) is 0 Å². The van der Waals surface area contributed by atoms with E-state index in [4.69, 9.17) is 0 Å². The number of rotatable bonds is 6. The zero-order valence-electron chi connectivity index (χ0n) is 12.5. The topological polar surface area (TPSA) is 15.3 Å². The second kappa shape index (κ2) is 7.38. The number of nitrogens with zero attached hydrogens (tertiary/aromatic N) is 1. The summed E-state index contributed by atoms with van der Waals surface area (Å²) >= 11 is 0. The van der Waals surface area contributed by atoms with Crippen molar-refractivity contribution in [1.29, 1.82) is 0 Å². The predicted octanol–water partition coefficient (Wildman–Crippen LogP) is 3.13. The van der Waals surface area contributed by atoms with Gasteiger partial charge >= 0.3 is 0 Å². The van der Waals surface area contributed by atoms with Gasteiger partial charge in [-0.25, -0.2) is 0 Å². The molecule has 1 heterocycles. The van der Waals surface area contributed by atoms with Gasteiger partial charge in [0.25, 0.3) is 0 Å². The van der Waals surface area contributed by atoms with Gasteiger partial charge in [-0.15, -0.1) is 0 Å². The molecule has 102 valence electrons. The van der Waals surface area contributed by atoms with E-state index in [1.807, 2.05) is 0 Å². The standard InChI is InChI=1S/C15H32N2/c1-6-7-14-8-15(16-9-12(2)3)11-17(10-14)13(4)5/h12-16H,6-11H2,1-5H3. The molecule has 0 amide bonds. The largest absolute Gasteiger partial charge is 0.312 e. The first kappa shape index (κ1) is 15.0. The van der Waals surface area contributed by atoms with Crippen LogP contribution in [0.2, 0.25) is 0 Å². The molecule has 17 heavy (non-hydrogen) atoms. The minimum Gasteiger partial charge on any atom is -0.312 e. The van der Waals surface area contributed by atoms with Crippen LogP contribution in [-0.2, 0) is 0 Å². The third kappa shape index (κ3) is 5.39. The SMILES string of the molecule is CCCC1CC(NCC(C)C)CN(C(C)C)C1. The van der Waals surface area contributed by atoms with Gasteiger partial charge in [-0.05, 0) is 45.1 Å². The summed E-state index contributed by atoms with van der Waals surface area (Å²) in [5.74, 6) is 1.66. The minimum absolute atomic E-state index is 0.693. The Morgan fingerprint density at radius 3 is 2.41 bits per heavy atom. The van der Waals surface area contributed by atoms with E-state index in [0.717, 1.165) is 18.4 Å². The van der Waals surface area contributed by atoms with E-state index in [1.54, 1.807) is 0 Å². The predicted molar refractivity (Wildman–Crippen MR) is 76.4 cm³/mol. The van der Waals surface area contributed by atoms with Crippen molar-refractivity contribution in [2.75, 3.05) is 19.6 Å². The van der Waals surface area contributed by atoms with Crippen LogP contribution in [0.4, 0.5) is 0 Å². The average molecular weight is 240 g/mol. The van der Waals surface area contributed by atoms with E-state index in [2.05, 4.69) is 44.8 Å². The zero-order chi connectivity index (χ0) is 12.8. The molecule has 2 atom stereocenters. The molecule has 2 unspecified atom stereocenters. The fraction of sp³-hybridized carbons (Fsp3) is 1.00. The smallest absolute Gasteiger partial charge is 0.0198 e. The van der Waals surface area contributed by atoms with E-state index in [0.29, 0.717) is 12.1 Å². The second-order valence-corrected chi connectivity index (χ2v) is 6.44. The monoisotopic (exact) mass is 240 g/mol. The number of piperidine rings is 1. The van der Waals surface area contributed by atoms with E-state index in [1.165, 1.54) is 32.4 Å². The van der Waals surface area contributed by atoms with Gasteiger partial charge in [0.15, 0.2) is 0 Å². The van der Waals surface area contributed by atoms with Crippen LogP contribution in [0.1, 0.15) is 53.9 Å². The summed E-state index contributed by atoms with van der Waals surface area (Å²) in [6, 6.07) is 1.41. The molecule has 1 aliphatic rings. The number of likely N-dealkylation sites (tertiary alicyclic amines) is 1. The number of hydrogen-bond acceptors (Lipinski definition) is 2. The zero-order valence-corrected chi connectivity index (χ0v) is 12.5. The Bertz CT molecular complexity index is 201.